The highest BCUT2D eigenvalue weighted by Gasteiger charge is 2.18. The van der Waals surface area contributed by atoms with Gasteiger partial charge in [0.25, 0.3) is 0 Å². The van der Waals surface area contributed by atoms with Crippen molar-refractivity contribution < 1.29 is 9.84 Å². The van der Waals surface area contributed by atoms with Gasteiger partial charge in [-0.05, 0) is 32.6 Å². The average Bonchev–Trinajstić information content (AvgIpc) is 2.16. The summed E-state index contributed by atoms with van der Waals surface area (Å²) < 4.78 is 5.15. The van der Waals surface area contributed by atoms with Crippen molar-refractivity contribution in [1.82, 2.24) is 5.32 Å². The summed E-state index contributed by atoms with van der Waals surface area (Å²) >= 11 is 0. The predicted octanol–water partition coefficient (Wildman–Crippen LogP) is 0.914. The molecule has 0 amide bonds. The quantitative estimate of drug-likeness (QED) is 0.687. The molecule has 1 aliphatic rings. The van der Waals surface area contributed by atoms with Crippen LogP contribution in [0.5, 0.6) is 0 Å². The van der Waals surface area contributed by atoms with Crippen LogP contribution in [0.1, 0.15) is 32.6 Å². The predicted molar refractivity (Wildman–Crippen MR) is 52.7 cm³/mol. The third-order valence-electron chi connectivity index (χ3n) is 2.79. The molecule has 1 unspecified atom stereocenters. The maximum absolute atomic E-state index is 9.30. The van der Waals surface area contributed by atoms with Gasteiger partial charge in [-0.2, -0.15) is 0 Å². The number of aliphatic hydroxyl groups excluding tert-OH is 1. The highest BCUT2D eigenvalue weighted by molar-refractivity contribution is 4.77. The Bertz CT molecular complexity index is 133. The third-order valence-corrected chi connectivity index (χ3v) is 2.79. The molecule has 0 aliphatic heterocycles. The van der Waals surface area contributed by atoms with Gasteiger partial charge in [-0.1, -0.05) is 0 Å². The minimum absolute atomic E-state index is 0.0575. The Balaban J connectivity index is 2.08. The van der Waals surface area contributed by atoms with Gasteiger partial charge in [-0.3, -0.25) is 0 Å². The first kappa shape index (κ1) is 11.0. The van der Waals surface area contributed by atoms with Crippen molar-refractivity contribution in [1.29, 1.82) is 0 Å². The molecule has 3 nitrogen and oxygen atoms in total. The van der Waals surface area contributed by atoms with Gasteiger partial charge in [-0.25, -0.2) is 0 Å². The molecule has 1 aliphatic carbocycles. The maximum Gasteiger partial charge on any atom is 0.0667 e. The van der Waals surface area contributed by atoms with E-state index in [9.17, 15) is 5.11 Å². The van der Waals surface area contributed by atoms with Crippen molar-refractivity contribution in [3.63, 3.8) is 0 Å². The Hall–Kier alpha value is -0.120. The van der Waals surface area contributed by atoms with Crippen LogP contribution in [0.25, 0.3) is 0 Å². The van der Waals surface area contributed by atoms with Gasteiger partial charge in [-0.15, -0.1) is 0 Å². The van der Waals surface area contributed by atoms with Crippen LogP contribution >= 0.6 is 0 Å². The van der Waals surface area contributed by atoms with E-state index in [0.29, 0.717) is 6.04 Å². The van der Waals surface area contributed by atoms with Crippen LogP contribution < -0.4 is 5.32 Å². The fraction of sp³-hybridized carbons (Fsp3) is 1.00. The monoisotopic (exact) mass is 187 g/mol. The lowest BCUT2D eigenvalue weighted by Gasteiger charge is -2.27. The molecule has 1 fully saturated rings. The number of ether oxygens (including phenoxy) is 1. The number of hydrogen-bond donors (Lipinski definition) is 2. The first-order chi connectivity index (χ1) is 6.22. The van der Waals surface area contributed by atoms with Crippen molar-refractivity contribution in [3.05, 3.63) is 0 Å². The SMILES string of the molecule is COC(C)CNC1CCC(O)CC1. The van der Waals surface area contributed by atoms with E-state index in [1.54, 1.807) is 7.11 Å². The van der Waals surface area contributed by atoms with Crippen LogP contribution in [0.15, 0.2) is 0 Å². The average molecular weight is 187 g/mol. The molecule has 0 aromatic carbocycles. The summed E-state index contributed by atoms with van der Waals surface area (Å²) in [5.41, 5.74) is 0. The number of methoxy groups -OCH3 is 1. The van der Waals surface area contributed by atoms with Crippen molar-refractivity contribution in [3.8, 4) is 0 Å². The first-order valence-electron chi connectivity index (χ1n) is 5.16. The van der Waals surface area contributed by atoms with Gasteiger partial charge in [0.1, 0.15) is 0 Å². The Labute approximate surface area is 80.5 Å². The van der Waals surface area contributed by atoms with Gasteiger partial charge in [0, 0.05) is 19.7 Å². The van der Waals surface area contributed by atoms with Gasteiger partial charge < -0.3 is 15.2 Å². The van der Waals surface area contributed by atoms with Crippen LogP contribution in [0.3, 0.4) is 0 Å². The molecular weight excluding hydrogens is 166 g/mol. The molecule has 0 spiro atoms. The lowest BCUT2D eigenvalue weighted by Crippen LogP contribution is -2.38. The van der Waals surface area contributed by atoms with E-state index in [-0.39, 0.29) is 12.2 Å². The molecule has 0 saturated heterocycles. The Morgan fingerprint density at radius 2 is 2.00 bits per heavy atom. The summed E-state index contributed by atoms with van der Waals surface area (Å²) in [5, 5.41) is 12.8. The molecule has 78 valence electrons. The molecule has 0 radical (unpaired) electrons. The fourth-order valence-electron chi connectivity index (χ4n) is 1.70. The van der Waals surface area contributed by atoms with Crippen molar-refractivity contribution >= 4 is 0 Å². The molecule has 0 aromatic heterocycles. The fourth-order valence-corrected chi connectivity index (χ4v) is 1.70. The Morgan fingerprint density at radius 3 is 2.54 bits per heavy atom. The largest absolute Gasteiger partial charge is 0.393 e. The highest BCUT2D eigenvalue weighted by Crippen LogP contribution is 2.18. The van der Waals surface area contributed by atoms with Crippen molar-refractivity contribution in [2.24, 2.45) is 0 Å². The van der Waals surface area contributed by atoms with E-state index < -0.39 is 0 Å². The molecule has 3 heteroatoms. The second-order valence-electron chi connectivity index (χ2n) is 3.96. The second-order valence-corrected chi connectivity index (χ2v) is 3.96. The van der Waals surface area contributed by atoms with Crippen LogP contribution in [0.2, 0.25) is 0 Å². The topological polar surface area (TPSA) is 41.5 Å². The molecule has 0 heterocycles. The summed E-state index contributed by atoms with van der Waals surface area (Å²) in [6, 6.07) is 0.584. The summed E-state index contributed by atoms with van der Waals surface area (Å²) in [4.78, 5) is 0. The van der Waals surface area contributed by atoms with Gasteiger partial charge in [0.05, 0.1) is 12.2 Å². The van der Waals surface area contributed by atoms with Gasteiger partial charge in [0.15, 0.2) is 0 Å². The Morgan fingerprint density at radius 1 is 1.38 bits per heavy atom. The van der Waals surface area contributed by atoms with Crippen LogP contribution in [0.4, 0.5) is 0 Å². The molecule has 13 heavy (non-hydrogen) atoms. The Kier molecular flexibility index (Phi) is 4.70. The summed E-state index contributed by atoms with van der Waals surface area (Å²) in [6.07, 6.45) is 4.30. The summed E-state index contributed by atoms with van der Waals surface area (Å²) in [7, 11) is 1.73. The molecule has 1 rings (SSSR count). The summed E-state index contributed by atoms with van der Waals surface area (Å²) in [5.74, 6) is 0. The zero-order chi connectivity index (χ0) is 9.68. The molecule has 0 bridgehead atoms. The molecule has 1 saturated carbocycles. The van der Waals surface area contributed by atoms with E-state index in [4.69, 9.17) is 4.74 Å². The number of hydrogen-bond acceptors (Lipinski definition) is 3. The van der Waals surface area contributed by atoms with Crippen molar-refractivity contribution in [2.75, 3.05) is 13.7 Å². The zero-order valence-corrected chi connectivity index (χ0v) is 8.62. The van der Waals surface area contributed by atoms with E-state index in [2.05, 4.69) is 12.2 Å². The van der Waals surface area contributed by atoms with Crippen LogP contribution in [-0.4, -0.2) is 37.0 Å². The first-order valence-corrected chi connectivity index (χ1v) is 5.16. The van der Waals surface area contributed by atoms with Crippen LogP contribution in [-0.2, 0) is 4.74 Å². The van der Waals surface area contributed by atoms with Crippen LogP contribution in [0, 0.1) is 0 Å². The van der Waals surface area contributed by atoms with E-state index in [1.807, 2.05) is 0 Å². The smallest absolute Gasteiger partial charge is 0.0667 e. The lowest BCUT2D eigenvalue weighted by molar-refractivity contribution is 0.0963. The number of rotatable bonds is 4. The zero-order valence-electron chi connectivity index (χ0n) is 8.62. The minimum Gasteiger partial charge on any atom is -0.393 e. The number of nitrogens with one attached hydrogen (secondary N) is 1. The minimum atomic E-state index is -0.0575. The van der Waals surface area contributed by atoms with Gasteiger partial charge in [0.2, 0.25) is 0 Å². The molecule has 2 N–H and O–H groups in total. The number of aliphatic hydroxyl groups is 1. The van der Waals surface area contributed by atoms with E-state index in [0.717, 1.165) is 32.2 Å². The van der Waals surface area contributed by atoms with Crippen molar-refractivity contribution in [2.45, 2.75) is 50.9 Å². The molecular formula is C10H21NO2. The molecule has 1 atom stereocenters. The van der Waals surface area contributed by atoms with E-state index >= 15 is 0 Å². The third kappa shape index (κ3) is 4.07. The maximum atomic E-state index is 9.30. The standard InChI is InChI=1S/C10H21NO2/c1-8(13-2)7-11-9-3-5-10(12)6-4-9/h8-12H,3-7H2,1-2H3. The second kappa shape index (κ2) is 5.58. The summed E-state index contributed by atoms with van der Waals surface area (Å²) in [6.45, 7) is 2.97. The van der Waals surface area contributed by atoms with E-state index in [1.165, 1.54) is 0 Å². The molecule has 0 aromatic rings. The highest BCUT2D eigenvalue weighted by atomic mass is 16.5. The van der Waals surface area contributed by atoms with Gasteiger partial charge >= 0.3 is 0 Å². The lowest BCUT2D eigenvalue weighted by atomic mass is 9.93. The normalized spacial score (nSPS) is 31.6.